The lowest BCUT2D eigenvalue weighted by atomic mass is 9.95. The molecular weight excluding hydrogens is 404 g/mol. The van der Waals surface area contributed by atoms with Crippen LogP contribution in [0.2, 0.25) is 0 Å². The van der Waals surface area contributed by atoms with Gasteiger partial charge in [0.2, 0.25) is 10.0 Å². The van der Waals surface area contributed by atoms with Crippen molar-refractivity contribution >= 4 is 21.7 Å². The Morgan fingerprint density at radius 3 is 2.57 bits per heavy atom. The van der Waals surface area contributed by atoms with Crippen LogP contribution in [0.3, 0.4) is 0 Å². The van der Waals surface area contributed by atoms with E-state index in [1.807, 2.05) is 0 Å². The number of esters is 1. The third-order valence-electron chi connectivity index (χ3n) is 5.71. The van der Waals surface area contributed by atoms with Crippen LogP contribution in [0.4, 0.5) is 5.69 Å². The first kappa shape index (κ1) is 22.8. The number of ether oxygens (including phenoxy) is 2. The first-order valence-electron chi connectivity index (χ1n) is 10.8. The van der Waals surface area contributed by atoms with Gasteiger partial charge in [0.25, 0.3) is 0 Å². The van der Waals surface area contributed by atoms with Crippen molar-refractivity contribution in [1.82, 2.24) is 4.31 Å². The van der Waals surface area contributed by atoms with Crippen LogP contribution in [0.1, 0.15) is 43.5 Å². The SMILES string of the molecule is CCN(CC)S(=O)(=O)c1ccc(N2CCOCC2)c(C(=O)OCC2CC=CCC2)c1. The second-order valence-corrected chi connectivity index (χ2v) is 9.55. The van der Waals surface area contributed by atoms with Gasteiger partial charge in [0, 0.05) is 26.2 Å². The molecule has 1 unspecified atom stereocenters. The van der Waals surface area contributed by atoms with Crippen LogP contribution in [-0.4, -0.2) is 64.7 Å². The number of hydrogen-bond acceptors (Lipinski definition) is 6. The van der Waals surface area contributed by atoms with Crippen LogP contribution in [0.15, 0.2) is 35.2 Å². The normalized spacial score (nSPS) is 19.8. The van der Waals surface area contributed by atoms with Gasteiger partial charge in [-0.2, -0.15) is 4.31 Å². The van der Waals surface area contributed by atoms with Crippen LogP contribution < -0.4 is 4.90 Å². The maximum absolute atomic E-state index is 13.0. The van der Waals surface area contributed by atoms with Gasteiger partial charge in [-0.1, -0.05) is 26.0 Å². The number of hydrogen-bond donors (Lipinski definition) is 0. The Morgan fingerprint density at radius 2 is 1.93 bits per heavy atom. The minimum Gasteiger partial charge on any atom is -0.462 e. The summed E-state index contributed by atoms with van der Waals surface area (Å²) in [5.74, 6) is -0.156. The van der Waals surface area contributed by atoms with Crippen LogP contribution in [0.25, 0.3) is 0 Å². The van der Waals surface area contributed by atoms with E-state index in [0.717, 1.165) is 19.3 Å². The number of sulfonamides is 1. The summed E-state index contributed by atoms with van der Waals surface area (Å²) in [6, 6.07) is 4.78. The zero-order valence-electron chi connectivity index (χ0n) is 17.9. The molecule has 1 aliphatic carbocycles. The predicted octanol–water partition coefficient (Wildman–Crippen LogP) is 3.07. The van der Waals surface area contributed by atoms with E-state index in [9.17, 15) is 13.2 Å². The summed E-state index contributed by atoms with van der Waals surface area (Å²) in [7, 11) is -3.67. The van der Waals surface area contributed by atoms with Crippen LogP contribution >= 0.6 is 0 Å². The largest absolute Gasteiger partial charge is 0.462 e. The highest BCUT2D eigenvalue weighted by atomic mass is 32.2. The molecule has 1 aliphatic heterocycles. The second kappa shape index (κ2) is 10.4. The molecule has 0 saturated carbocycles. The van der Waals surface area contributed by atoms with Gasteiger partial charge in [0.15, 0.2) is 0 Å². The van der Waals surface area contributed by atoms with Gasteiger partial charge in [0.1, 0.15) is 0 Å². The van der Waals surface area contributed by atoms with Gasteiger partial charge in [0.05, 0.1) is 36.0 Å². The third-order valence-corrected chi connectivity index (χ3v) is 7.76. The molecule has 0 radical (unpaired) electrons. The van der Waals surface area contributed by atoms with E-state index in [4.69, 9.17) is 9.47 Å². The molecule has 0 aromatic heterocycles. The predicted molar refractivity (Wildman–Crippen MR) is 116 cm³/mol. The highest BCUT2D eigenvalue weighted by molar-refractivity contribution is 7.89. The van der Waals surface area contributed by atoms with Crippen molar-refractivity contribution in [2.75, 3.05) is 50.9 Å². The zero-order valence-corrected chi connectivity index (χ0v) is 18.7. The van der Waals surface area contributed by atoms with Gasteiger partial charge in [-0.05, 0) is 43.4 Å². The van der Waals surface area contributed by atoms with E-state index >= 15 is 0 Å². The summed E-state index contributed by atoms with van der Waals surface area (Å²) >= 11 is 0. The number of allylic oxidation sites excluding steroid dienone is 2. The quantitative estimate of drug-likeness (QED) is 0.461. The number of benzene rings is 1. The van der Waals surface area contributed by atoms with Gasteiger partial charge < -0.3 is 14.4 Å². The molecule has 8 heteroatoms. The number of carbonyl (C=O) groups is 1. The lowest BCUT2D eigenvalue weighted by Gasteiger charge is -2.30. The molecule has 2 aliphatic rings. The summed E-state index contributed by atoms with van der Waals surface area (Å²) in [6.07, 6.45) is 7.17. The molecule has 30 heavy (non-hydrogen) atoms. The fraction of sp³-hybridized carbons (Fsp3) is 0.591. The van der Waals surface area contributed by atoms with E-state index in [2.05, 4.69) is 17.1 Å². The van der Waals surface area contributed by atoms with E-state index in [1.54, 1.807) is 26.0 Å². The van der Waals surface area contributed by atoms with Crippen molar-refractivity contribution in [3.8, 4) is 0 Å². The van der Waals surface area contributed by atoms with Gasteiger partial charge in [-0.3, -0.25) is 0 Å². The summed E-state index contributed by atoms with van der Waals surface area (Å²) in [5, 5.41) is 0. The molecule has 166 valence electrons. The second-order valence-electron chi connectivity index (χ2n) is 7.62. The van der Waals surface area contributed by atoms with Crippen molar-refractivity contribution in [3.63, 3.8) is 0 Å². The molecular formula is C22H32N2O5S. The first-order chi connectivity index (χ1) is 14.5. The van der Waals surface area contributed by atoms with Crippen molar-refractivity contribution in [2.24, 2.45) is 5.92 Å². The molecule has 0 N–H and O–H groups in total. The molecule has 0 bridgehead atoms. The minimum absolute atomic E-state index is 0.121. The Bertz CT molecular complexity index is 858. The third kappa shape index (κ3) is 5.22. The maximum Gasteiger partial charge on any atom is 0.340 e. The van der Waals surface area contributed by atoms with Crippen LogP contribution in [0.5, 0.6) is 0 Å². The average molecular weight is 437 g/mol. The monoisotopic (exact) mass is 436 g/mol. The fourth-order valence-electron chi connectivity index (χ4n) is 3.91. The maximum atomic E-state index is 13.0. The molecule has 1 atom stereocenters. The fourth-order valence-corrected chi connectivity index (χ4v) is 5.40. The standard InChI is InChI=1S/C22H32N2O5S/c1-3-24(4-2)30(26,27)19-10-11-21(23-12-14-28-15-13-23)20(16-19)22(25)29-17-18-8-6-5-7-9-18/h5-6,10-11,16,18H,3-4,7-9,12-15,17H2,1-2H3. The molecule has 1 saturated heterocycles. The molecule has 1 heterocycles. The van der Waals surface area contributed by atoms with Crippen molar-refractivity contribution in [2.45, 2.75) is 38.0 Å². The molecule has 0 amide bonds. The minimum atomic E-state index is -3.67. The summed E-state index contributed by atoms with van der Waals surface area (Å²) in [5.41, 5.74) is 1.00. The molecule has 7 nitrogen and oxygen atoms in total. The molecule has 3 rings (SSSR count). The number of nitrogens with zero attached hydrogens (tertiary/aromatic N) is 2. The number of morpholine rings is 1. The topological polar surface area (TPSA) is 76.2 Å². The number of carbonyl (C=O) groups excluding carboxylic acids is 1. The van der Waals surface area contributed by atoms with Crippen LogP contribution in [-0.2, 0) is 19.5 Å². The van der Waals surface area contributed by atoms with E-state index < -0.39 is 16.0 Å². The first-order valence-corrected chi connectivity index (χ1v) is 12.2. The van der Waals surface area contributed by atoms with Gasteiger partial charge >= 0.3 is 5.97 Å². The van der Waals surface area contributed by atoms with Gasteiger partial charge in [-0.15, -0.1) is 0 Å². The molecule has 1 fully saturated rings. The Hall–Kier alpha value is -1.90. The smallest absolute Gasteiger partial charge is 0.340 e. The van der Waals surface area contributed by atoms with E-state index in [-0.39, 0.29) is 4.90 Å². The summed E-state index contributed by atoms with van der Waals surface area (Å²) < 4.78 is 38.4. The summed E-state index contributed by atoms with van der Waals surface area (Å²) in [6.45, 7) is 7.14. The van der Waals surface area contributed by atoms with Crippen LogP contribution in [0, 0.1) is 5.92 Å². The Labute approximate surface area is 179 Å². The highest BCUT2D eigenvalue weighted by Gasteiger charge is 2.27. The van der Waals surface area contributed by atoms with Crippen molar-refractivity contribution in [1.29, 1.82) is 0 Å². The van der Waals surface area contributed by atoms with Crippen molar-refractivity contribution < 1.29 is 22.7 Å². The Balaban J connectivity index is 1.89. The number of anilines is 1. The van der Waals surface area contributed by atoms with E-state index in [0.29, 0.717) is 63.2 Å². The lowest BCUT2D eigenvalue weighted by Crippen LogP contribution is -2.37. The average Bonchev–Trinajstić information content (AvgIpc) is 2.79. The summed E-state index contributed by atoms with van der Waals surface area (Å²) in [4.78, 5) is 15.2. The number of rotatable bonds is 8. The molecule has 1 aromatic carbocycles. The Morgan fingerprint density at radius 1 is 1.20 bits per heavy atom. The molecule has 0 spiro atoms. The highest BCUT2D eigenvalue weighted by Crippen LogP contribution is 2.28. The van der Waals surface area contributed by atoms with E-state index in [1.165, 1.54) is 10.4 Å². The Kier molecular flexibility index (Phi) is 7.91. The van der Waals surface area contributed by atoms with Crippen molar-refractivity contribution in [3.05, 3.63) is 35.9 Å². The lowest BCUT2D eigenvalue weighted by molar-refractivity contribution is 0.0432. The molecule has 1 aromatic rings. The zero-order chi connectivity index (χ0) is 21.6. The van der Waals surface area contributed by atoms with Gasteiger partial charge in [-0.25, -0.2) is 13.2 Å².